The van der Waals surface area contributed by atoms with Crippen molar-refractivity contribution in [3.8, 4) is 34.5 Å². The number of nitrogens with one attached hydrogen (secondary N) is 1. The first-order valence-corrected chi connectivity index (χ1v) is 23.6. The van der Waals surface area contributed by atoms with E-state index in [1.165, 1.54) is 7.11 Å². The summed E-state index contributed by atoms with van der Waals surface area (Å²) in [5.74, 6) is 0.541. The molecule has 15 nitrogen and oxygen atoms in total. The van der Waals surface area contributed by atoms with Crippen LogP contribution in [-0.2, 0) is 20.9 Å². The molecule has 0 spiro atoms. The molecule has 0 aromatic heterocycles. The molecule has 3 aromatic carbocycles. The molecule has 6 atom stereocenters. The first-order chi connectivity index (χ1) is 32.4. The van der Waals surface area contributed by atoms with Crippen LogP contribution in [0.2, 0.25) is 0 Å². The minimum Gasteiger partial charge on any atom is -0.497 e. The summed E-state index contributed by atoms with van der Waals surface area (Å²) in [5.41, 5.74) is 3.05. The number of fused-ring (bicyclic) bond motifs is 3. The Morgan fingerprint density at radius 3 is 2.39 bits per heavy atom. The number of oxime groups is 1. The van der Waals surface area contributed by atoms with Crippen LogP contribution in [0.4, 0.5) is 10.5 Å². The van der Waals surface area contributed by atoms with Gasteiger partial charge in [0.1, 0.15) is 34.6 Å². The number of carbonyl (C=O) groups is 2. The zero-order valence-electron chi connectivity index (χ0n) is 39.3. The number of unbranched alkanes of at least 4 members (excludes halogenated alkanes) is 2. The van der Waals surface area contributed by atoms with Crippen LogP contribution in [0.5, 0.6) is 34.5 Å². The first-order valence-electron chi connectivity index (χ1n) is 23.6. The summed E-state index contributed by atoms with van der Waals surface area (Å²) in [5, 5.41) is 27.8. The number of allylic oxidation sites excluding steroid dienone is 1. The van der Waals surface area contributed by atoms with Crippen LogP contribution < -0.4 is 33.7 Å². The standard InChI is InChI=1S/C52H65N3O12/c1-7-24-64-52-46(55(49(58)33-15-16-33)30-32-14-20-43-45(25-32)63-31-62-43)29-41(54-67-51(2,3)4)38-26-34(12-8-10-22-56)37(13-9-11-23-57)47(48(38)52)39-27-36(18-21-42(39)66-52)65-50(59)53-40-19-17-35(60-5)28-44(40)61-6/h7,14,17-21,25-28,33-34,37,46-48,56-57H,1,8-13,15-16,22-24,29-31H2,2-6H3,(H,53,59)/t34-,37+,46-,47+,48+,52+/m0/s1. The summed E-state index contributed by atoms with van der Waals surface area (Å²) in [6.45, 7) is 10.5. The highest BCUT2D eigenvalue weighted by molar-refractivity contribution is 6.03. The molecular formula is C52H65N3O12. The molecule has 2 heterocycles. The van der Waals surface area contributed by atoms with Crippen molar-refractivity contribution in [1.82, 2.24) is 4.90 Å². The number of aliphatic hydroxyl groups is 2. The van der Waals surface area contributed by atoms with Crippen LogP contribution in [0.15, 0.2) is 84.1 Å². The third kappa shape index (κ3) is 10.4. The Morgan fingerprint density at radius 2 is 1.67 bits per heavy atom. The molecule has 0 saturated heterocycles. The quantitative estimate of drug-likeness (QED) is 0.0558. The average Bonchev–Trinajstić information content (AvgIpc) is 4.07. The predicted molar refractivity (Wildman–Crippen MR) is 251 cm³/mol. The van der Waals surface area contributed by atoms with Crippen LogP contribution in [-0.4, -0.2) is 91.1 Å². The summed E-state index contributed by atoms with van der Waals surface area (Å²) in [6.07, 6.45) is 9.42. The molecular weight excluding hydrogens is 859 g/mol. The highest BCUT2D eigenvalue weighted by atomic mass is 16.7. The van der Waals surface area contributed by atoms with Gasteiger partial charge < -0.3 is 53.1 Å². The third-order valence-corrected chi connectivity index (χ3v) is 13.3. The van der Waals surface area contributed by atoms with Crippen molar-refractivity contribution < 1.29 is 57.8 Å². The molecule has 0 unspecified atom stereocenters. The maximum absolute atomic E-state index is 15.0. The van der Waals surface area contributed by atoms with Gasteiger partial charge in [0.25, 0.3) is 0 Å². The third-order valence-electron chi connectivity index (χ3n) is 13.3. The Morgan fingerprint density at radius 1 is 0.925 bits per heavy atom. The highest BCUT2D eigenvalue weighted by Crippen LogP contribution is 2.62. The topological polar surface area (TPSA) is 176 Å². The molecule has 2 amide bonds. The summed E-state index contributed by atoms with van der Waals surface area (Å²) < 4.78 is 42.9. The number of hydrogen-bond acceptors (Lipinski definition) is 13. The molecule has 8 rings (SSSR count). The van der Waals surface area contributed by atoms with Gasteiger partial charge in [-0.1, -0.05) is 36.2 Å². The minimum atomic E-state index is -1.46. The number of ether oxygens (including phenoxy) is 7. The van der Waals surface area contributed by atoms with Crippen LogP contribution in [0.25, 0.3) is 0 Å². The van der Waals surface area contributed by atoms with Crippen molar-refractivity contribution in [3.63, 3.8) is 0 Å². The van der Waals surface area contributed by atoms with Crippen molar-refractivity contribution >= 4 is 23.4 Å². The molecule has 360 valence electrons. The molecule has 2 saturated carbocycles. The van der Waals surface area contributed by atoms with E-state index in [1.54, 1.807) is 37.5 Å². The lowest BCUT2D eigenvalue weighted by atomic mass is 9.55. The number of hydrogen-bond donors (Lipinski definition) is 3. The smallest absolute Gasteiger partial charge is 0.417 e. The number of benzene rings is 3. The van der Waals surface area contributed by atoms with E-state index in [-0.39, 0.29) is 69.2 Å². The van der Waals surface area contributed by atoms with Gasteiger partial charge in [0.15, 0.2) is 11.5 Å². The zero-order chi connectivity index (χ0) is 47.3. The van der Waals surface area contributed by atoms with Crippen molar-refractivity contribution in [2.75, 3.05) is 46.1 Å². The number of methoxy groups -OCH3 is 2. The summed E-state index contributed by atoms with van der Waals surface area (Å²) >= 11 is 0. The first kappa shape index (κ1) is 47.7. The van der Waals surface area contributed by atoms with Crippen LogP contribution in [0, 0.1) is 23.7 Å². The fourth-order valence-electron chi connectivity index (χ4n) is 10.2. The second-order valence-electron chi connectivity index (χ2n) is 19.0. The van der Waals surface area contributed by atoms with Gasteiger partial charge in [0, 0.05) is 49.6 Å². The molecule has 3 N–H and O–H groups in total. The molecule has 0 bridgehead atoms. The fraction of sp³-hybridized carbons (Fsp3) is 0.519. The number of nitrogens with zero attached hydrogens (tertiary/aromatic N) is 2. The average molecular weight is 924 g/mol. The zero-order valence-corrected chi connectivity index (χ0v) is 39.3. The largest absolute Gasteiger partial charge is 0.497 e. The van der Waals surface area contributed by atoms with Crippen molar-refractivity contribution in [2.24, 2.45) is 28.8 Å². The molecule has 2 aliphatic heterocycles. The second kappa shape index (κ2) is 20.6. The van der Waals surface area contributed by atoms with Crippen molar-refractivity contribution in [1.29, 1.82) is 0 Å². The van der Waals surface area contributed by atoms with Gasteiger partial charge in [0.2, 0.25) is 18.5 Å². The Kier molecular flexibility index (Phi) is 14.7. The Labute approximate surface area is 393 Å². The molecule has 0 radical (unpaired) electrons. The van der Waals surface area contributed by atoms with E-state index < -0.39 is 29.4 Å². The van der Waals surface area contributed by atoms with E-state index in [0.717, 1.165) is 55.2 Å². The lowest BCUT2D eigenvalue weighted by molar-refractivity contribution is -0.258. The van der Waals surface area contributed by atoms with Crippen molar-refractivity contribution in [2.45, 2.75) is 108 Å². The van der Waals surface area contributed by atoms with Gasteiger partial charge in [0.05, 0.1) is 38.1 Å². The van der Waals surface area contributed by atoms with Gasteiger partial charge >= 0.3 is 6.09 Å². The van der Waals surface area contributed by atoms with E-state index >= 15 is 0 Å². The highest BCUT2D eigenvalue weighted by Gasteiger charge is 2.66. The summed E-state index contributed by atoms with van der Waals surface area (Å²) in [4.78, 5) is 36.9. The van der Waals surface area contributed by atoms with Crippen LogP contribution in [0.1, 0.15) is 95.6 Å². The van der Waals surface area contributed by atoms with Gasteiger partial charge in [-0.2, -0.15) is 0 Å². The minimum absolute atomic E-state index is 0.000790. The Balaban J connectivity index is 1.29. The monoisotopic (exact) mass is 923 g/mol. The number of amides is 2. The molecule has 3 aromatic rings. The Bertz CT molecular complexity index is 2340. The molecule has 67 heavy (non-hydrogen) atoms. The molecule has 2 fully saturated rings. The fourth-order valence-corrected chi connectivity index (χ4v) is 10.2. The molecule has 5 aliphatic rings. The molecule has 15 heteroatoms. The van der Waals surface area contributed by atoms with Crippen molar-refractivity contribution in [3.05, 3.63) is 90.0 Å². The number of carbonyl (C=O) groups excluding carboxylic acids is 2. The number of aliphatic hydroxyl groups excluding tert-OH is 2. The van der Waals surface area contributed by atoms with E-state index in [0.29, 0.717) is 58.7 Å². The number of rotatable bonds is 20. The maximum atomic E-state index is 15.0. The van der Waals surface area contributed by atoms with Gasteiger partial charge in [-0.3, -0.25) is 10.1 Å². The van der Waals surface area contributed by atoms with Gasteiger partial charge in [-0.15, -0.1) is 6.58 Å². The lowest BCUT2D eigenvalue weighted by Crippen LogP contribution is -2.70. The molecule has 3 aliphatic carbocycles. The van der Waals surface area contributed by atoms with Crippen LogP contribution in [0.3, 0.4) is 0 Å². The Hall–Kier alpha value is -5.77. The van der Waals surface area contributed by atoms with E-state index in [1.807, 2.05) is 56.0 Å². The summed E-state index contributed by atoms with van der Waals surface area (Å²) in [7, 11) is 3.06. The number of anilines is 1. The summed E-state index contributed by atoms with van der Waals surface area (Å²) in [6, 6.07) is 15.5. The normalized spacial score (nSPS) is 24.1. The predicted octanol–water partition coefficient (Wildman–Crippen LogP) is 8.91. The van der Waals surface area contributed by atoms with Gasteiger partial charge in [-0.05, 0) is 125 Å². The van der Waals surface area contributed by atoms with Crippen LogP contribution >= 0.6 is 0 Å². The van der Waals surface area contributed by atoms with Gasteiger partial charge in [-0.25, -0.2) is 4.79 Å². The SMILES string of the molecule is C=CCO[C@@]12Oc3ccc(OC(=O)Nc4ccc(OC)cc4OC)cc3[C@H]3[C@H](CCCCO)[C@@H](CCCCO)C=C(C(=NOC(C)(C)C)C[C@@H]1N(Cc1ccc4c(c1)OCO4)C(=O)C1CC1)[C@H]32. The van der Waals surface area contributed by atoms with E-state index in [2.05, 4.69) is 18.0 Å². The van der Waals surface area contributed by atoms with E-state index in [9.17, 15) is 19.8 Å². The second-order valence-corrected chi connectivity index (χ2v) is 19.0. The van der Waals surface area contributed by atoms with E-state index in [4.69, 9.17) is 43.2 Å². The maximum Gasteiger partial charge on any atom is 0.417 e. The lowest BCUT2D eigenvalue weighted by Gasteiger charge is -2.60.